The fourth-order valence-electron chi connectivity index (χ4n) is 0.797. The van der Waals surface area contributed by atoms with Gasteiger partial charge in [0.1, 0.15) is 0 Å². The lowest BCUT2D eigenvalue weighted by atomic mass is 10.4. The van der Waals surface area contributed by atoms with Gasteiger partial charge in [-0.2, -0.15) is 5.10 Å². The van der Waals surface area contributed by atoms with Crippen molar-refractivity contribution >= 4 is 0 Å². The highest BCUT2D eigenvalue weighted by atomic mass is 16.1. The summed E-state index contributed by atoms with van der Waals surface area (Å²) in [5.74, 6) is 0. The predicted octanol–water partition coefficient (Wildman–Crippen LogP) is -0.410. The fraction of sp³-hybridized carbons (Fsp3) is 0.429. The molecule has 0 aliphatic rings. The molecule has 1 aromatic heterocycles. The Balaban J connectivity index is 2.87. The van der Waals surface area contributed by atoms with Crippen LogP contribution in [0.4, 0.5) is 0 Å². The lowest BCUT2D eigenvalue weighted by Gasteiger charge is -2.05. The first-order valence-electron chi connectivity index (χ1n) is 3.48. The van der Waals surface area contributed by atoms with Crippen LogP contribution in [0.5, 0.6) is 0 Å². The van der Waals surface area contributed by atoms with Crippen LogP contribution in [0.2, 0.25) is 0 Å². The summed E-state index contributed by atoms with van der Waals surface area (Å²) in [5.41, 5.74) is 5.39. The Morgan fingerprint density at radius 2 is 2.55 bits per heavy atom. The van der Waals surface area contributed by atoms with Crippen LogP contribution in [0.3, 0.4) is 0 Å². The van der Waals surface area contributed by atoms with Gasteiger partial charge in [-0.1, -0.05) is 0 Å². The number of nitrogens with two attached hydrogens (primary N) is 1. The summed E-state index contributed by atoms with van der Waals surface area (Å²) in [7, 11) is 0. The molecule has 0 radical (unpaired) electrons. The molecule has 4 heteroatoms. The maximum absolute atomic E-state index is 11.0. The first-order valence-corrected chi connectivity index (χ1v) is 3.48. The van der Waals surface area contributed by atoms with E-state index in [2.05, 4.69) is 5.10 Å². The molecule has 1 atom stereocenters. The molecule has 0 spiro atoms. The normalized spacial score (nSPS) is 12.9. The quantitative estimate of drug-likeness (QED) is 0.628. The van der Waals surface area contributed by atoms with Gasteiger partial charge in [0, 0.05) is 18.3 Å². The van der Waals surface area contributed by atoms with Gasteiger partial charge in [0.25, 0.3) is 5.56 Å². The minimum absolute atomic E-state index is 0.0393. The SMILES string of the molecule is C[C@@H](N)Cn1ncccc1=O. The third kappa shape index (κ3) is 2.16. The molecule has 60 valence electrons. The second kappa shape index (κ2) is 3.30. The molecule has 2 N–H and O–H groups in total. The second-order valence-corrected chi connectivity index (χ2v) is 2.52. The molecule has 1 heterocycles. The van der Waals surface area contributed by atoms with Gasteiger partial charge in [0.15, 0.2) is 0 Å². The molecule has 0 bridgehead atoms. The van der Waals surface area contributed by atoms with Crippen LogP contribution in [0.25, 0.3) is 0 Å². The summed E-state index contributed by atoms with van der Waals surface area (Å²) in [6, 6.07) is 3.04. The molecular formula is C7H11N3O. The molecule has 0 fully saturated rings. The van der Waals surface area contributed by atoms with Crippen molar-refractivity contribution in [2.75, 3.05) is 0 Å². The van der Waals surface area contributed by atoms with Gasteiger partial charge in [-0.3, -0.25) is 4.79 Å². The Labute approximate surface area is 64.6 Å². The molecular weight excluding hydrogens is 142 g/mol. The maximum atomic E-state index is 11.0. The van der Waals surface area contributed by atoms with E-state index < -0.39 is 0 Å². The largest absolute Gasteiger partial charge is 0.326 e. The first-order chi connectivity index (χ1) is 5.20. The molecule has 0 aromatic carbocycles. The zero-order chi connectivity index (χ0) is 8.27. The van der Waals surface area contributed by atoms with Crippen LogP contribution < -0.4 is 11.3 Å². The Morgan fingerprint density at radius 1 is 1.82 bits per heavy atom. The Morgan fingerprint density at radius 3 is 3.09 bits per heavy atom. The average Bonchev–Trinajstić information content (AvgIpc) is 1.93. The van der Waals surface area contributed by atoms with Crippen molar-refractivity contribution in [3.63, 3.8) is 0 Å². The second-order valence-electron chi connectivity index (χ2n) is 2.52. The zero-order valence-electron chi connectivity index (χ0n) is 6.40. The van der Waals surface area contributed by atoms with E-state index in [-0.39, 0.29) is 11.6 Å². The fourth-order valence-corrected chi connectivity index (χ4v) is 0.797. The van der Waals surface area contributed by atoms with E-state index in [0.717, 1.165) is 0 Å². The third-order valence-corrected chi connectivity index (χ3v) is 1.25. The number of rotatable bonds is 2. The molecule has 1 rings (SSSR count). The Kier molecular flexibility index (Phi) is 2.38. The van der Waals surface area contributed by atoms with Crippen molar-refractivity contribution < 1.29 is 0 Å². The van der Waals surface area contributed by atoms with Crippen molar-refractivity contribution in [3.8, 4) is 0 Å². The van der Waals surface area contributed by atoms with Gasteiger partial charge >= 0.3 is 0 Å². The van der Waals surface area contributed by atoms with Gasteiger partial charge in [-0.25, -0.2) is 4.68 Å². The minimum atomic E-state index is -0.107. The van der Waals surface area contributed by atoms with Crippen molar-refractivity contribution in [2.24, 2.45) is 5.73 Å². The topological polar surface area (TPSA) is 60.9 Å². The molecule has 11 heavy (non-hydrogen) atoms. The minimum Gasteiger partial charge on any atom is -0.326 e. The highest BCUT2D eigenvalue weighted by Gasteiger charge is 1.97. The molecule has 0 saturated heterocycles. The molecule has 0 aliphatic heterocycles. The van der Waals surface area contributed by atoms with Crippen LogP contribution in [0.15, 0.2) is 23.1 Å². The monoisotopic (exact) mass is 153 g/mol. The standard InChI is InChI=1S/C7H11N3O/c1-6(8)5-10-7(11)3-2-4-9-10/h2-4,6H,5,8H2,1H3/t6-/m1/s1. The predicted molar refractivity (Wildman–Crippen MR) is 42.1 cm³/mol. The summed E-state index contributed by atoms with van der Waals surface area (Å²) in [6.07, 6.45) is 1.57. The average molecular weight is 153 g/mol. The van der Waals surface area contributed by atoms with Crippen LogP contribution in [0.1, 0.15) is 6.92 Å². The molecule has 1 aromatic rings. The van der Waals surface area contributed by atoms with E-state index in [1.54, 1.807) is 12.3 Å². The number of nitrogens with zero attached hydrogens (tertiary/aromatic N) is 2. The summed E-state index contributed by atoms with van der Waals surface area (Å²) in [6.45, 7) is 2.31. The van der Waals surface area contributed by atoms with Crippen LogP contribution >= 0.6 is 0 Å². The van der Waals surface area contributed by atoms with Crippen LogP contribution in [-0.2, 0) is 6.54 Å². The molecule has 0 amide bonds. The van der Waals surface area contributed by atoms with Crippen LogP contribution in [-0.4, -0.2) is 15.8 Å². The molecule has 4 nitrogen and oxygen atoms in total. The highest BCUT2D eigenvalue weighted by molar-refractivity contribution is 4.84. The lowest BCUT2D eigenvalue weighted by Crippen LogP contribution is -2.30. The Bertz CT molecular complexity index is 279. The molecule has 0 saturated carbocycles. The van der Waals surface area contributed by atoms with Gasteiger partial charge in [-0.05, 0) is 13.0 Å². The van der Waals surface area contributed by atoms with Crippen molar-refractivity contribution in [2.45, 2.75) is 19.5 Å². The van der Waals surface area contributed by atoms with E-state index in [4.69, 9.17) is 5.73 Å². The van der Waals surface area contributed by atoms with E-state index in [1.807, 2.05) is 6.92 Å². The van der Waals surface area contributed by atoms with Gasteiger partial charge in [0.2, 0.25) is 0 Å². The van der Waals surface area contributed by atoms with Crippen molar-refractivity contribution in [1.82, 2.24) is 9.78 Å². The number of hydrogen-bond donors (Lipinski definition) is 1. The van der Waals surface area contributed by atoms with E-state index in [9.17, 15) is 4.79 Å². The van der Waals surface area contributed by atoms with Crippen molar-refractivity contribution in [3.05, 3.63) is 28.7 Å². The highest BCUT2D eigenvalue weighted by Crippen LogP contribution is 1.80. The lowest BCUT2D eigenvalue weighted by molar-refractivity contribution is 0.513. The van der Waals surface area contributed by atoms with E-state index in [1.165, 1.54) is 10.7 Å². The van der Waals surface area contributed by atoms with Gasteiger partial charge in [-0.15, -0.1) is 0 Å². The van der Waals surface area contributed by atoms with Crippen LogP contribution in [0, 0.1) is 0 Å². The Hall–Kier alpha value is -1.16. The van der Waals surface area contributed by atoms with Gasteiger partial charge < -0.3 is 5.73 Å². The van der Waals surface area contributed by atoms with E-state index >= 15 is 0 Å². The maximum Gasteiger partial charge on any atom is 0.266 e. The third-order valence-electron chi connectivity index (χ3n) is 1.25. The van der Waals surface area contributed by atoms with Crippen molar-refractivity contribution in [1.29, 1.82) is 0 Å². The number of aromatic nitrogens is 2. The molecule has 0 aliphatic carbocycles. The summed E-state index contributed by atoms with van der Waals surface area (Å²) < 4.78 is 1.35. The smallest absolute Gasteiger partial charge is 0.266 e. The van der Waals surface area contributed by atoms with Gasteiger partial charge in [0.05, 0.1) is 6.54 Å². The summed E-state index contributed by atoms with van der Waals surface area (Å²) in [5, 5.41) is 3.84. The summed E-state index contributed by atoms with van der Waals surface area (Å²) >= 11 is 0. The number of hydrogen-bond acceptors (Lipinski definition) is 3. The first kappa shape index (κ1) is 7.94. The zero-order valence-corrected chi connectivity index (χ0v) is 6.40. The van der Waals surface area contributed by atoms with E-state index in [0.29, 0.717) is 6.54 Å². The molecule has 0 unspecified atom stereocenters. The summed E-state index contributed by atoms with van der Waals surface area (Å²) in [4.78, 5) is 11.0.